The molecule has 1 aromatic rings. The zero-order valence-electron chi connectivity index (χ0n) is 21.3. The molecule has 3 saturated carbocycles. The summed E-state index contributed by atoms with van der Waals surface area (Å²) in [6.45, 7) is 11.7. The van der Waals surface area contributed by atoms with Crippen LogP contribution in [0.5, 0.6) is 0 Å². The molecule has 0 bridgehead atoms. The molecule has 3 fully saturated rings. The van der Waals surface area contributed by atoms with Crippen LogP contribution in [0, 0.1) is 40.4 Å². The molecule has 2 heteroatoms. The molecule has 1 aromatic heterocycles. The normalized spacial score (nSPS) is 41.3. The van der Waals surface area contributed by atoms with Crippen molar-refractivity contribution >= 4 is 0 Å². The Labute approximate surface area is 197 Å². The number of allylic oxidation sites excluding steroid dienone is 1. The van der Waals surface area contributed by atoms with Crippen LogP contribution in [0.25, 0.3) is 0 Å². The van der Waals surface area contributed by atoms with Gasteiger partial charge in [-0.25, -0.2) is 0 Å². The largest absolute Gasteiger partial charge is 0.393 e. The molecule has 0 saturated heterocycles. The highest BCUT2D eigenvalue weighted by molar-refractivity contribution is 5.25. The predicted octanol–water partition coefficient (Wildman–Crippen LogP) is 7.62. The van der Waals surface area contributed by atoms with Crippen molar-refractivity contribution in [2.24, 2.45) is 40.4 Å². The highest BCUT2D eigenvalue weighted by Crippen LogP contribution is 2.67. The lowest BCUT2D eigenvalue weighted by atomic mass is 9.47. The molecule has 1 heterocycles. The van der Waals surface area contributed by atoms with E-state index in [4.69, 9.17) is 0 Å². The van der Waals surface area contributed by atoms with Crippen LogP contribution in [0.2, 0.25) is 0 Å². The molecule has 4 aliphatic rings. The molecular formula is C30H47NO. The van der Waals surface area contributed by atoms with Crippen molar-refractivity contribution in [3.63, 3.8) is 0 Å². The number of aliphatic hydroxyl groups is 1. The first-order valence-electron chi connectivity index (χ1n) is 13.7. The summed E-state index contributed by atoms with van der Waals surface area (Å²) in [6.07, 6.45) is 19.0. The zero-order valence-corrected chi connectivity index (χ0v) is 21.3. The predicted molar refractivity (Wildman–Crippen MR) is 134 cm³/mol. The lowest BCUT2D eigenvalue weighted by Crippen LogP contribution is -2.50. The number of aliphatic hydroxyl groups excluding tert-OH is 1. The maximum absolute atomic E-state index is 10.2. The van der Waals surface area contributed by atoms with Crippen molar-refractivity contribution in [2.45, 2.75) is 105 Å². The summed E-state index contributed by atoms with van der Waals surface area (Å²) >= 11 is 0. The quantitative estimate of drug-likeness (QED) is 0.491. The van der Waals surface area contributed by atoms with Gasteiger partial charge in [0.2, 0.25) is 0 Å². The molecule has 0 aromatic carbocycles. The third-order valence-electron chi connectivity index (χ3n) is 10.4. The van der Waals surface area contributed by atoms with Gasteiger partial charge in [-0.3, -0.25) is 4.98 Å². The van der Waals surface area contributed by atoms with Gasteiger partial charge in [0.05, 0.1) is 6.10 Å². The number of hydrogen-bond acceptors (Lipinski definition) is 2. The molecule has 178 valence electrons. The summed E-state index contributed by atoms with van der Waals surface area (Å²) in [5, 5.41) is 10.2. The standard InChI is InChI=1S/C28H41NO.C2H6/c1-19(6-7-20-5-4-16-29-18-20)24-10-11-25-23-9-8-21-17-22(30)12-14-27(21,2)26(23)13-15-28(24,25)3;1-2/h4-5,8,16,18-19,22-26,30H,6-7,9-15,17H2,1-3H3;1-2H3. The summed E-state index contributed by atoms with van der Waals surface area (Å²) in [6, 6.07) is 4.31. The first kappa shape index (κ1) is 24.0. The van der Waals surface area contributed by atoms with Crippen LogP contribution >= 0.6 is 0 Å². The number of nitrogens with zero attached hydrogens (tertiary/aromatic N) is 1. The number of rotatable bonds is 4. The second kappa shape index (κ2) is 9.61. The summed E-state index contributed by atoms with van der Waals surface area (Å²) < 4.78 is 0. The molecule has 5 rings (SSSR count). The number of pyridine rings is 1. The molecule has 0 radical (unpaired) electrons. The summed E-state index contributed by atoms with van der Waals surface area (Å²) in [4.78, 5) is 4.31. The SMILES string of the molecule is CC.CC(CCc1cccnc1)C1CCC2C3CC=C4CC(O)CCC4(C)C3CCC12C. The van der Waals surface area contributed by atoms with Gasteiger partial charge >= 0.3 is 0 Å². The van der Waals surface area contributed by atoms with E-state index in [0.717, 1.165) is 42.4 Å². The molecule has 4 aliphatic carbocycles. The minimum Gasteiger partial charge on any atom is -0.393 e. The minimum absolute atomic E-state index is 0.0914. The van der Waals surface area contributed by atoms with Crippen molar-refractivity contribution < 1.29 is 5.11 Å². The molecule has 0 aliphatic heterocycles. The maximum atomic E-state index is 10.2. The monoisotopic (exact) mass is 437 g/mol. The average molecular weight is 438 g/mol. The van der Waals surface area contributed by atoms with Gasteiger partial charge in [-0.05, 0) is 116 Å². The molecule has 8 unspecified atom stereocenters. The van der Waals surface area contributed by atoms with E-state index in [1.165, 1.54) is 56.9 Å². The Morgan fingerprint density at radius 3 is 2.66 bits per heavy atom. The Balaban J connectivity index is 0.00000119. The first-order valence-corrected chi connectivity index (χ1v) is 13.7. The van der Waals surface area contributed by atoms with Gasteiger partial charge in [0.15, 0.2) is 0 Å². The van der Waals surface area contributed by atoms with Gasteiger partial charge in [-0.1, -0.05) is 52.3 Å². The van der Waals surface area contributed by atoms with Crippen LogP contribution in [0.15, 0.2) is 36.2 Å². The van der Waals surface area contributed by atoms with E-state index in [0.29, 0.717) is 10.8 Å². The van der Waals surface area contributed by atoms with Gasteiger partial charge in [0.25, 0.3) is 0 Å². The molecule has 0 spiro atoms. The molecule has 0 amide bonds. The van der Waals surface area contributed by atoms with E-state index in [-0.39, 0.29) is 6.10 Å². The van der Waals surface area contributed by atoms with Crippen LogP contribution in [-0.2, 0) is 6.42 Å². The number of aromatic nitrogens is 1. The van der Waals surface area contributed by atoms with Crippen molar-refractivity contribution in [3.8, 4) is 0 Å². The van der Waals surface area contributed by atoms with Crippen LogP contribution < -0.4 is 0 Å². The van der Waals surface area contributed by atoms with Crippen LogP contribution in [-0.4, -0.2) is 16.2 Å². The van der Waals surface area contributed by atoms with Gasteiger partial charge in [-0.2, -0.15) is 0 Å². The van der Waals surface area contributed by atoms with Crippen LogP contribution in [0.1, 0.15) is 98.0 Å². The molecule has 2 nitrogen and oxygen atoms in total. The summed E-state index contributed by atoms with van der Waals surface area (Å²) in [7, 11) is 0. The van der Waals surface area contributed by atoms with Crippen molar-refractivity contribution in [1.82, 2.24) is 4.98 Å². The fraction of sp³-hybridized carbons (Fsp3) is 0.767. The third kappa shape index (κ3) is 4.10. The molecular weight excluding hydrogens is 390 g/mol. The van der Waals surface area contributed by atoms with Gasteiger partial charge in [0.1, 0.15) is 0 Å². The van der Waals surface area contributed by atoms with Crippen molar-refractivity contribution in [2.75, 3.05) is 0 Å². The van der Waals surface area contributed by atoms with E-state index < -0.39 is 0 Å². The minimum atomic E-state index is -0.0914. The number of hydrogen-bond donors (Lipinski definition) is 1. The molecule has 32 heavy (non-hydrogen) atoms. The fourth-order valence-electron chi connectivity index (χ4n) is 8.76. The Hall–Kier alpha value is -1.15. The number of aryl methyl sites for hydroxylation is 1. The average Bonchev–Trinajstić information content (AvgIpc) is 3.17. The first-order chi connectivity index (χ1) is 15.4. The second-order valence-corrected chi connectivity index (χ2v) is 11.8. The number of fused-ring (bicyclic) bond motifs is 5. The third-order valence-corrected chi connectivity index (χ3v) is 10.4. The summed E-state index contributed by atoms with van der Waals surface area (Å²) in [5.74, 6) is 4.32. The Morgan fingerprint density at radius 1 is 1.09 bits per heavy atom. The van der Waals surface area contributed by atoms with E-state index in [2.05, 4.69) is 44.0 Å². The molecule has 8 atom stereocenters. The molecule has 1 N–H and O–H groups in total. The highest BCUT2D eigenvalue weighted by atomic mass is 16.3. The lowest BCUT2D eigenvalue weighted by Gasteiger charge is -2.58. The Bertz CT molecular complexity index is 787. The van der Waals surface area contributed by atoms with E-state index in [1.54, 1.807) is 5.57 Å². The second-order valence-electron chi connectivity index (χ2n) is 11.8. The van der Waals surface area contributed by atoms with E-state index in [1.807, 2.05) is 26.2 Å². The van der Waals surface area contributed by atoms with Crippen LogP contribution in [0.4, 0.5) is 0 Å². The topological polar surface area (TPSA) is 33.1 Å². The van der Waals surface area contributed by atoms with Gasteiger partial charge < -0.3 is 5.11 Å². The van der Waals surface area contributed by atoms with E-state index >= 15 is 0 Å². The smallest absolute Gasteiger partial charge is 0.0577 e. The van der Waals surface area contributed by atoms with E-state index in [9.17, 15) is 5.11 Å². The fourth-order valence-corrected chi connectivity index (χ4v) is 8.76. The zero-order chi connectivity index (χ0) is 22.9. The maximum Gasteiger partial charge on any atom is 0.0577 e. The van der Waals surface area contributed by atoms with Gasteiger partial charge in [-0.15, -0.1) is 0 Å². The van der Waals surface area contributed by atoms with Crippen molar-refractivity contribution in [1.29, 1.82) is 0 Å². The Morgan fingerprint density at radius 2 is 1.91 bits per heavy atom. The van der Waals surface area contributed by atoms with Gasteiger partial charge in [0, 0.05) is 12.4 Å². The van der Waals surface area contributed by atoms with Crippen molar-refractivity contribution in [3.05, 3.63) is 41.7 Å². The highest BCUT2D eigenvalue weighted by Gasteiger charge is 2.59. The van der Waals surface area contributed by atoms with Crippen LogP contribution in [0.3, 0.4) is 0 Å². The lowest BCUT2D eigenvalue weighted by molar-refractivity contribution is -0.0571. The summed E-state index contributed by atoms with van der Waals surface area (Å²) in [5.41, 5.74) is 3.90. The Kier molecular flexibility index (Phi) is 7.20.